The maximum atomic E-state index is 12.4. The van der Waals surface area contributed by atoms with Gasteiger partial charge in [0.15, 0.2) is 0 Å². The molecule has 1 aliphatic heterocycles. The lowest BCUT2D eigenvalue weighted by Crippen LogP contribution is -2.61. The zero-order valence-electron chi connectivity index (χ0n) is 12.8. The zero-order valence-corrected chi connectivity index (χ0v) is 12.8. The maximum Gasteiger partial charge on any atom is 0.331 e. The van der Waals surface area contributed by atoms with Gasteiger partial charge in [-0.25, -0.2) is 4.79 Å². The Bertz CT molecular complexity index is 581. The topological polar surface area (TPSA) is 46.6 Å². The second-order valence-electron chi connectivity index (χ2n) is 5.54. The van der Waals surface area contributed by atoms with Gasteiger partial charge in [-0.2, -0.15) is 0 Å². The zero-order chi connectivity index (χ0) is 16.2. The number of esters is 1. The molecular formula is C18H21NO3. The number of rotatable bonds is 5. The van der Waals surface area contributed by atoms with Gasteiger partial charge in [-0.1, -0.05) is 43.0 Å². The first-order valence-corrected chi connectivity index (χ1v) is 7.33. The molecule has 1 amide bonds. The average molecular weight is 299 g/mol. The van der Waals surface area contributed by atoms with Gasteiger partial charge in [0.1, 0.15) is 12.1 Å². The number of carbonyl (C=O) groups is 2. The Morgan fingerprint density at radius 3 is 2.68 bits per heavy atom. The third-order valence-electron chi connectivity index (χ3n) is 4.09. The standard InChI is InChI=1S/C18H21NO3/c1-4-6-12-18(3)17(21)22-13-15(19(18)16(20)5-2)14-10-8-7-9-11-14/h4-5,7-11,15H,1-2,6,12-13H2,3H3/t15-,18+/m0/s1. The molecule has 0 aliphatic carbocycles. The van der Waals surface area contributed by atoms with Crippen LogP contribution in [-0.2, 0) is 14.3 Å². The molecule has 1 aliphatic rings. The smallest absolute Gasteiger partial charge is 0.331 e. The Balaban J connectivity index is 2.46. The Labute approximate surface area is 131 Å². The van der Waals surface area contributed by atoms with Crippen molar-refractivity contribution in [2.24, 2.45) is 0 Å². The molecule has 0 aromatic heterocycles. The number of nitrogens with zero attached hydrogens (tertiary/aromatic N) is 1. The minimum atomic E-state index is -1.02. The van der Waals surface area contributed by atoms with Gasteiger partial charge in [0, 0.05) is 0 Å². The summed E-state index contributed by atoms with van der Waals surface area (Å²) in [4.78, 5) is 26.4. The number of cyclic esters (lactones) is 1. The highest BCUT2D eigenvalue weighted by Gasteiger charge is 2.49. The largest absolute Gasteiger partial charge is 0.461 e. The predicted molar refractivity (Wildman–Crippen MR) is 85.0 cm³/mol. The minimum absolute atomic E-state index is 0.159. The van der Waals surface area contributed by atoms with E-state index in [9.17, 15) is 9.59 Å². The van der Waals surface area contributed by atoms with Gasteiger partial charge in [0.25, 0.3) is 0 Å². The molecule has 1 fully saturated rings. The van der Waals surface area contributed by atoms with Crippen LogP contribution in [0.4, 0.5) is 0 Å². The van der Waals surface area contributed by atoms with Crippen molar-refractivity contribution in [3.63, 3.8) is 0 Å². The molecular weight excluding hydrogens is 278 g/mol. The fourth-order valence-electron chi connectivity index (χ4n) is 2.85. The second-order valence-corrected chi connectivity index (χ2v) is 5.54. The average Bonchev–Trinajstić information content (AvgIpc) is 2.55. The van der Waals surface area contributed by atoms with Crippen molar-refractivity contribution >= 4 is 11.9 Å². The van der Waals surface area contributed by atoms with Crippen LogP contribution in [0.25, 0.3) is 0 Å². The fourth-order valence-corrected chi connectivity index (χ4v) is 2.85. The van der Waals surface area contributed by atoms with Gasteiger partial charge in [-0.15, -0.1) is 6.58 Å². The number of allylic oxidation sites excluding steroid dienone is 1. The summed E-state index contributed by atoms with van der Waals surface area (Å²) in [5, 5.41) is 0. The van der Waals surface area contributed by atoms with E-state index < -0.39 is 5.54 Å². The summed E-state index contributed by atoms with van der Waals surface area (Å²) >= 11 is 0. The lowest BCUT2D eigenvalue weighted by molar-refractivity contribution is -0.179. The molecule has 22 heavy (non-hydrogen) atoms. The van der Waals surface area contributed by atoms with Gasteiger partial charge >= 0.3 is 5.97 Å². The third-order valence-corrected chi connectivity index (χ3v) is 4.09. The van der Waals surface area contributed by atoms with Crippen LogP contribution in [-0.4, -0.2) is 28.9 Å². The summed E-state index contributed by atoms with van der Waals surface area (Å²) in [5.41, 5.74) is -0.0758. The van der Waals surface area contributed by atoms with Gasteiger partial charge < -0.3 is 9.64 Å². The van der Waals surface area contributed by atoms with Gasteiger partial charge in [-0.3, -0.25) is 4.79 Å². The monoisotopic (exact) mass is 299 g/mol. The summed E-state index contributed by atoms with van der Waals surface area (Å²) in [6, 6.07) is 9.28. The van der Waals surface area contributed by atoms with Crippen LogP contribution < -0.4 is 0 Å². The van der Waals surface area contributed by atoms with Crippen LogP contribution >= 0.6 is 0 Å². The molecule has 1 heterocycles. The number of carbonyl (C=O) groups excluding carboxylic acids is 2. The molecule has 116 valence electrons. The second kappa shape index (κ2) is 6.60. The highest BCUT2D eigenvalue weighted by Crippen LogP contribution is 2.37. The molecule has 0 saturated carbocycles. The summed E-state index contributed by atoms with van der Waals surface area (Å²) in [7, 11) is 0. The first-order chi connectivity index (χ1) is 10.5. The van der Waals surface area contributed by atoms with Crippen molar-refractivity contribution in [3.05, 3.63) is 61.2 Å². The van der Waals surface area contributed by atoms with E-state index in [1.165, 1.54) is 6.08 Å². The van der Waals surface area contributed by atoms with Gasteiger partial charge in [-0.05, 0) is 31.4 Å². The number of hydrogen-bond donors (Lipinski definition) is 0. The molecule has 2 rings (SSSR count). The number of benzene rings is 1. The molecule has 1 aromatic carbocycles. The van der Waals surface area contributed by atoms with E-state index in [1.807, 2.05) is 30.3 Å². The summed E-state index contributed by atoms with van der Waals surface area (Å²) in [5.74, 6) is -0.645. The van der Waals surface area contributed by atoms with E-state index >= 15 is 0 Å². The lowest BCUT2D eigenvalue weighted by Gasteiger charge is -2.47. The quantitative estimate of drug-likeness (QED) is 0.477. The number of hydrogen-bond acceptors (Lipinski definition) is 3. The summed E-state index contributed by atoms with van der Waals surface area (Å²) in [6.07, 6.45) is 4.08. The highest BCUT2D eigenvalue weighted by atomic mass is 16.5. The first kappa shape index (κ1) is 16.0. The predicted octanol–water partition coefficient (Wildman–Crippen LogP) is 3.02. The van der Waals surface area contributed by atoms with Crippen LogP contribution in [0.2, 0.25) is 0 Å². The van der Waals surface area contributed by atoms with Crippen LogP contribution in [0, 0.1) is 0 Å². The van der Waals surface area contributed by atoms with E-state index in [-0.39, 0.29) is 24.5 Å². The summed E-state index contributed by atoms with van der Waals surface area (Å²) < 4.78 is 5.38. The number of ether oxygens (including phenoxy) is 1. The maximum absolute atomic E-state index is 12.4. The van der Waals surface area contributed by atoms with Crippen LogP contribution in [0.1, 0.15) is 31.4 Å². The van der Waals surface area contributed by atoms with E-state index in [4.69, 9.17) is 4.74 Å². The molecule has 4 nitrogen and oxygen atoms in total. The first-order valence-electron chi connectivity index (χ1n) is 7.33. The number of amides is 1. The van der Waals surface area contributed by atoms with E-state index in [1.54, 1.807) is 17.9 Å². The molecule has 1 aromatic rings. The van der Waals surface area contributed by atoms with Crippen molar-refractivity contribution in [1.82, 2.24) is 4.90 Å². The molecule has 4 heteroatoms. The van der Waals surface area contributed by atoms with Crippen LogP contribution in [0.5, 0.6) is 0 Å². The molecule has 0 radical (unpaired) electrons. The van der Waals surface area contributed by atoms with Crippen molar-refractivity contribution in [2.75, 3.05) is 6.61 Å². The third kappa shape index (κ3) is 2.82. The van der Waals surface area contributed by atoms with Crippen molar-refractivity contribution in [2.45, 2.75) is 31.3 Å². The van der Waals surface area contributed by atoms with E-state index in [0.29, 0.717) is 12.8 Å². The molecule has 0 N–H and O–H groups in total. The molecule has 0 unspecified atom stereocenters. The van der Waals surface area contributed by atoms with E-state index in [0.717, 1.165) is 5.56 Å². The lowest BCUT2D eigenvalue weighted by atomic mass is 9.88. The SMILES string of the molecule is C=CCC[C@]1(C)C(=O)OC[C@@H](c2ccccc2)N1C(=O)C=C. The van der Waals surface area contributed by atoms with Gasteiger partial charge in [0.05, 0.1) is 6.04 Å². The Hall–Kier alpha value is -2.36. The van der Waals surface area contributed by atoms with E-state index in [2.05, 4.69) is 13.2 Å². The highest BCUT2D eigenvalue weighted by molar-refractivity contribution is 5.94. The molecule has 2 atom stereocenters. The molecule has 0 bridgehead atoms. The molecule has 1 saturated heterocycles. The normalized spacial score (nSPS) is 24.5. The van der Waals surface area contributed by atoms with Crippen LogP contribution in [0.3, 0.4) is 0 Å². The van der Waals surface area contributed by atoms with Crippen molar-refractivity contribution in [1.29, 1.82) is 0 Å². The fraction of sp³-hybridized carbons (Fsp3) is 0.333. The Kier molecular flexibility index (Phi) is 4.81. The Morgan fingerprint density at radius 2 is 2.09 bits per heavy atom. The van der Waals surface area contributed by atoms with Gasteiger partial charge in [0.2, 0.25) is 5.91 Å². The van der Waals surface area contributed by atoms with Crippen molar-refractivity contribution in [3.8, 4) is 0 Å². The molecule has 0 spiro atoms. The Morgan fingerprint density at radius 1 is 1.41 bits per heavy atom. The van der Waals surface area contributed by atoms with Crippen LogP contribution in [0.15, 0.2) is 55.6 Å². The van der Waals surface area contributed by atoms with Crippen molar-refractivity contribution < 1.29 is 14.3 Å². The number of morpholine rings is 1. The summed E-state index contributed by atoms with van der Waals surface area (Å²) in [6.45, 7) is 9.17. The minimum Gasteiger partial charge on any atom is -0.461 e.